The van der Waals surface area contributed by atoms with E-state index in [4.69, 9.17) is 4.74 Å². The van der Waals surface area contributed by atoms with Gasteiger partial charge in [0.2, 0.25) is 0 Å². The Labute approximate surface area is 188 Å². The van der Waals surface area contributed by atoms with Crippen molar-refractivity contribution in [3.63, 3.8) is 0 Å². The number of amides is 3. The number of carbonyl (C=O) groups excluding carboxylic acids is 3. The summed E-state index contributed by atoms with van der Waals surface area (Å²) in [5.41, 5.74) is 1.87. The third kappa shape index (κ3) is 4.09. The maximum atomic E-state index is 13.4. The lowest BCUT2D eigenvalue weighted by Gasteiger charge is -2.25. The zero-order chi connectivity index (χ0) is 22.0. The van der Waals surface area contributed by atoms with Crippen LogP contribution in [0.1, 0.15) is 31.1 Å². The predicted molar refractivity (Wildman–Crippen MR) is 121 cm³/mol. The van der Waals surface area contributed by atoms with Gasteiger partial charge in [0, 0.05) is 34.9 Å². The summed E-state index contributed by atoms with van der Waals surface area (Å²) in [6.07, 6.45) is 0. The fourth-order valence-corrected chi connectivity index (χ4v) is 3.95. The first kappa shape index (κ1) is 20.8. The highest BCUT2D eigenvalue weighted by atomic mass is 79.9. The van der Waals surface area contributed by atoms with Crippen molar-refractivity contribution in [3.05, 3.63) is 94.0 Å². The molecular weight excluding hydrogens is 460 g/mol. The zero-order valence-electron chi connectivity index (χ0n) is 16.7. The standard InChI is InChI=1S/C24H19BrN2O4/c1-31-19-9-5-8-18(15-19)26(22(28)16-6-4-7-17(25)14-16)12-13-27-23(29)20-10-2-3-11-21(20)24(27)30/h2-11,14-15H,12-13H2,1H3. The van der Waals surface area contributed by atoms with E-state index in [1.165, 1.54) is 4.90 Å². The molecule has 0 aliphatic carbocycles. The van der Waals surface area contributed by atoms with Crippen LogP contribution in [0.4, 0.5) is 5.69 Å². The smallest absolute Gasteiger partial charge is 0.261 e. The summed E-state index contributed by atoms with van der Waals surface area (Å²) < 4.78 is 6.08. The minimum Gasteiger partial charge on any atom is -0.497 e. The van der Waals surface area contributed by atoms with Crippen LogP contribution in [0.15, 0.2) is 77.3 Å². The number of benzene rings is 3. The second-order valence-electron chi connectivity index (χ2n) is 6.98. The molecule has 0 saturated carbocycles. The highest BCUT2D eigenvalue weighted by Gasteiger charge is 2.35. The molecule has 3 amide bonds. The summed E-state index contributed by atoms with van der Waals surface area (Å²) >= 11 is 3.40. The van der Waals surface area contributed by atoms with Crippen molar-refractivity contribution in [1.29, 1.82) is 0 Å². The predicted octanol–water partition coefficient (Wildman–Crippen LogP) is 4.40. The third-order valence-electron chi connectivity index (χ3n) is 5.11. The summed E-state index contributed by atoms with van der Waals surface area (Å²) in [6, 6.07) is 20.9. The van der Waals surface area contributed by atoms with Gasteiger partial charge in [0.15, 0.2) is 0 Å². The van der Waals surface area contributed by atoms with Crippen molar-refractivity contribution >= 4 is 39.3 Å². The molecule has 1 aliphatic rings. The number of methoxy groups -OCH3 is 1. The van der Waals surface area contributed by atoms with Crippen molar-refractivity contribution < 1.29 is 19.1 Å². The molecule has 3 aromatic rings. The Bertz CT molecular complexity index is 1140. The van der Waals surface area contributed by atoms with Gasteiger partial charge in [-0.2, -0.15) is 0 Å². The Balaban J connectivity index is 1.63. The number of nitrogens with zero attached hydrogens (tertiary/aromatic N) is 2. The second kappa shape index (κ2) is 8.73. The number of hydrogen-bond donors (Lipinski definition) is 0. The monoisotopic (exact) mass is 478 g/mol. The van der Waals surface area contributed by atoms with Crippen LogP contribution in [0.3, 0.4) is 0 Å². The molecule has 0 atom stereocenters. The van der Waals surface area contributed by atoms with Crippen LogP contribution < -0.4 is 9.64 Å². The van der Waals surface area contributed by atoms with Crippen LogP contribution >= 0.6 is 15.9 Å². The summed E-state index contributed by atoms with van der Waals surface area (Å²) in [5, 5.41) is 0. The quantitative estimate of drug-likeness (QED) is 0.492. The van der Waals surface area contributed by atoms with E-state index in [1.807, 2.05) is 6.07 Å². The van der Waals surface area contributed by atoms with Gasteiger partial charge in [-0.25, -0.2) is 0 Å². The summed E-state index contributed by atoms with van der Waals surface area (Å²) in [7, 11) is 1.55. The van der Waals surface area contributed by atoms with Crippen LogP contribution in [0, 0.1) is 0 Å². The van der Waals surface area contributed by atoms with Gasteiger partial charge < -0.3 is 9.64 Å². The van der Waals surface area contributed by atoms with Crippen LogP contribution in [0.5, 0.6) is 5.75 Å². The molecule has 4 rings (SSSR count). The van der Waals surface area contributed by atoms with E-state index in [1.54, 1.807) is 78.7 Å². The largest absolute Gasteiger partial charge is 0.497 e. The normalized spacial score (nSPS) is 12.6. The van der Waals surface area contributed by atoms with Crippen molar-refractivity contribution in [3.8, 4) is 5.75 Å². The molecule has 0 spiro atoms. The highest BCUT2D eigenvalue weighted by Crippen LogP contribution is 2.26. The highest BCUT2D eigenvalue weighted by molar-refractivity contribution is 9.10. The Morgan fingerprint density at radius 2 is 1.61 bits per heavy atom. The second-order valence-corrected chi connectivity index (χ2v) is 7.89. The van der Waals surface area contributed by atoms with Crippen LogP contribution in [0.25, 0.3) is 0 Å². The van der Waals surface area contributed by atoms with Gasteiger partial charge >= 0.3 is 0 Å². The summed E-state index contributed by atoms with van der Waals surface area (Å²) in [6.45, 7) is 0.216. The minimum absolute atomic E-state index is 0.0727. The van der Waals surface area contributed by atoms with Gasteiger partial charge in [-0.3, -0.25) is 19.3 Å². The molecule has 0 aromatic heterocycles. The SMILES string of the molecule is COc1cccc(N(CCN2C(=O)c3ccccc3C2=O)C(=O)c2cccc(Br)c2)c1. The fourth-order valence-electron chi connectivity index (χ4n) is 3.55. The molecular formula is C24H19BrN2O4. The van der Waals surface area contributed by atoms with E-state index in [2.05, 4.69) is 15.9 Å². The third-order valence-corrected chi connectivity index (χ3v) is 5.60. The number of halogens is 1. The number of fused-ring (bicyclic) bond motifs is 1. The lowest BCUT2D eigenvalue weighted by molar-refractivity contribution is 0.0654. The first-order chi connectivity index (χ1) is 15.0. The molecule has 0 fully saturated rings. The van der Waals surface area contributed by atoms with E-state index in [0.717, 1.165) is 4.47 Å². The zero-order valence-corrected chi connectivity index (χ0v) is 18.3. The maximum Gasteiger partial charge on any atom is 0.261 e. The van der Waals surface area contributed by atoms with Gasteiger partial charge in [0.25, 0.3) is 17.7 Å². The number of ether oxygens (including phenoxy) is 1. The summed E-state index contributed by atoms with van der Waals surface area (Å²) in [5.74, 6) is -0.335. The van der Waals surface area contributed by atoms with E-state index in [-0.39, 0.29) is 30.8 Å². The number of anilines is 1. The van der Waals surface area contributed by atoms with E-state index < -0.39 is 0 Å². The number of hydrogen-bond acceptors (Lipinski definition) is 4. The van der Waals surface area contributed by atoms with Gasteiger partial charge in [-0.15, -0.1) is 0 Å². The van der Waals surface area contributed by atoms with Gasteiger partial charge in [-0.1, -0.05) is 40.2 Å². The summed E-state index contributed by atoms with van der Waals surface area (Å²) in [4.78, 5) is 41.5. The molecule has 156 valence electrons. The first-order valence-corrected chi connectivity index (χ1v) is 10.5. The Morgan fingerprint density at radius 1 is 0.935 bits per heavy atom. The molecule has 6 nitrogen and oxygen atoms in total. The molecule has 0 radical (unpaired) electrons. The molecule has 0 N–H and O–H groups in total. The van der Waals surface area contributed by atoms with Gasteiger partial charge in [0.1, 0.15) is 5.75 Å². The molecule has 31 heavy (non-hydrogen) atoms. The average Bonchev–Trinajstić information content (AvgIpc) is 3.04. The fraction of sp³-hybridized carbons (Fsp3) is 0.125. The first-order valence-electron chi connectivity index (χ1n) is 9.66. The van der Waals surface area contributed by atoms with Crippen molar-refractivity contribution in [2.24, 2.45) is 0 Å². The van der Waals surface area contributed by atoms with Crippen LogP contribution in [-0.4, -0.2) is 42.8 Å². The minimum atomic E-state index is -0.346. The van der Waals surface area contributed by atoms with Crippen molar-refractivity contribution in [2.75, 3.05) is 25.1 Å². The Kier molecular flexibility index (Phi) is 5.86. The van der Waals surface area contributed by atoms with E-state index >= 15 is 0 Å². The van der Waals surface area contributed by atoms with Crippen LogP contribution in [0.2, 0.25) is 0 Å². The molecule has 3 aromatic carbocycles. The van der Waals surface area contributed by atoms with Gasteiger partial charge in [0.05, 0.1) is 18.2 Å². The van der Waals surface area contributed by atoms with Crippen molar-refractivity contribution in [1.82, 2.24) is 4.90 Å². The number of rotatable bonds is 6. The maximum absolute atomic E-state index is 13.4. The molecule has 0 saturated heterocycles. The number of imide groups is 1. The lowest BCUT2D eigenvalue weighted by Crippen LogP contribution is -2.41. The average molecular weight is 479 g/mol. The lowest BCUT2D eigenvalue weighted by atomic mass is 10.1. The van der Waals surface area contributed by atoms with Crippen molar-refractivity contribution in [2.45, 2.75) is 0 Å². The Morgan fingerprint density at radius 3 is 2.26 bits per heavy atom. The molecule has 0 bridgehead atoms. The van der Waals surface area contributed by atoms with E-state index in [0.29, 0.717) is 28.1 Å². The van der Waals surface area contributed by atoms with Crippen LogP contribution in [-0.2, 0) is 0 Å². The number of carbonyl (C=O) groups is 3. The van der Waals surface area contributed by atoms with E-state index in [9.17, 15) is 14.4 Å². The molecule has 7 heteroatoms. The molecule has 1 aliphatic heterocycles. The molecule has 1 heterocycles. The van der Waals surface area contributed by atoms with Gasteiger partial charge in [-0.05, 0) is 42.5 Å². The topological polar surface area (TPSA) is 66.9 Å². The Hall–Kier alpha value is -3.45. The molecule has 0 unspecified atom stereocenters.